The molecule has 1 N–H and O–H groups in total. The molecule has 0 spiro atoms. The third-order valence-corrected chi connectivity index (χ3v) is 5.33. The number of aromatic nitrogens is 2. The average molecular weight is 386 g/mol. The summed E-state index contributed by atoms with van der Waals surface area (Å²) in [4.78, 5) is 19.1. The normalized spacial score (nSPS) is 15.4. The number of benzene rings is 1. The molecule has 2 aromatic rings. The number of aryl methyl sites for hydroxylation is 1. The topological polar surface area (TPSA) is 68.6 Å². The zero-order valence-electron chi connectivity index (χ0n) is 17.0. The Balaban J connectivity index is 1.49. The summed E-state index contributed by atoms with van der Waals surface area (Å²) in [5, 5.41) is 2.95. The van der Waals surface area contributed by atoms with Crippen LogP contribution in [0.15, 0.2) is 30.6 Å². The molecule has 3 rings (SSSR count). The molecule has 1 aliphatic heterocycles. The fourth-order valence-electron chi connectivity index (χ4n) is 3.73. The first kappa shape index (κ1) is 20.2. The molecular formula is C21H30N4O3. The maximum Gasteiger partial charge on any atom is 0.238 e. The van der Waals surface area contributed by atoms with Gasteiger partial charge in [0.25, 0.3) is 0 Å². The maximum absolute atomic E-state index is 12.5. The van der Waals surface area contributed by atoms with Gasteiger partial charge in [-0.25, -0.2) is 4.98 Å². The van der Waals surface area contributed by atoms with Crippen molar-refractivity contribution in [3.05, 3.63) is 36.4 Å². The molecule has 1 aromatic carbocycles. The number of methoxy groups -OCH3 is 2. The molecule has 0 bridgehead atoms. The third-order valence-electron chi connectivity index (χ3n) is 5.33. The zero-order chi connectivity index (χ0) is 19.9. The van der Waals surface area contributed by atoms with Crippen LogP contribution in [0, 0.1) is 5.92 Å². The highest BCUT2D eigenvalue weighted by atomic mass is 16.5. The molecule has 0 radical (unpaired) electrons. The standard InChI is InChI=1S/C21H30N4O3/c1-4-20-22-9-12-25(20)14-16-7-10-24(11-8-16)15-21(26)23-18-13-17(27-2)5-6-19(18)28-3/h5-6,9,12-13,16H,4,7-8,10-11,14-15H2,1-3H3,(H,23,26). The van der Waals surface area contributed by atoms with E-state index in [1.54, 1.807) is 26.4 Å². The Morgan fingerprint density at radius 2 is 2.04 bits per heavy atom. The highest BCUT2D eigenvalue weighted by Crippen LogP contribution is 2.29. The van der Waals surface area contributed by atoms with Crippen molar-refractivity contribution in [1.29, 1.82) is 0 Å². The summed E-state index contributed by atoms with van der Waals surface area (Å²) in [6, 6.07) is 5.38. The first-order chi connectivity index (χ1) is 13.6. The van der Waals surface area contributed by atoms with Gasteiger partial charge in [-0.3, -0.25) is 9.69 Å². The first-order valence-corrected chi connectivity index (χ1v) is 9.87. The largest absolute Gasteiger partial charge is 0.497 e. The van der Waals surface area contributed by atoms with Crippen molar-refractivity contribution in [3.63, 3.8) is 0 Å². The fraction of sp³-hybridized carbons (Fsp3) is 0.524. The zero-order valence-corrected chi connectivity index (χ0v) is 17.0. The number of rotatable bonds is 8. The lowest BCUT2D eigenvalue weighted by atomic mass is 9.96. The van der Waals surface area contributed by atoms with Gasteiger partial charge in [-0.1, -0.05) is 6.92 Å². The van der Waals surface area contributed by atoms with Gasteiger partial charge in [-0.15, -0.1) is 0 Å². The lowest BCUT2D eigenvalue weighted by molar-refractivity contribution is -0.117. The Labute approximate surface area is 166 Å². The molecule has 152 valence electrons. The lowest BCUT2D eigenvalue weighted by Crippen LogP contribution is -2.40. The van der Waals surface area contributed by atoms with Crippen molar-refractivity contribution in [2.45, 2.75) is 32.7 Å². The Hall–Kier alpha value is -2.54. The minimum absolute atomic E-state index is 0.0344. The molecule has 2 heterocycles. The molecule has 28 heavy (non-hydrogen) atoms. The second kappa shape index (κ2) is 9.59. The molecule has 1 aromatic heterocycles. The molecule has 0 saturated carbocycles. The Kier molecular flexibility index (Phi) is 6.92. The minimum atomic E-state index is -0.0344. The van der Waals surface area contributed by atoms with Crippen LogP contribution in [0.25, 0.3) is 0 Å². The first-order valence-electron chi connectivity index (χ1n) is 9.87. The molecule has 7 nitrogen and oxygen atoms in total. The summed E-state index contributed by atoms with van der Waals surface area (Å²) in [5.41, 5.74) is 0.633. The highest BCUT2D eigenvalue weighted by Gasteiger charge is 2.22. The molecular weight excluding hydrogens is 356 g/mol. The van der Waals surface area contributed by atoms with E-state index in [1.807, 2.05) is 12.3 Å². The number of carbonyl (C=O) groups excluding carboxylic acids is 1. The Morgan fingerprint density at radius 3 is 2.71 bits per heavy atom. The predicted molar refractivity (Wildman–Crippen MR) is 109 cm³/mol. The van der Waals surface area contributed by atoms with Crippen molar-refractivity contribution in [2.24, 2.45) is 5.92 Å². The number of piperidine rings is 1. The number of anilines is 1. The number of ether oxygens (including phenoxy) is 2. The van der Waals surface area contributed by atoms with Crippen molar-refractivity contribution in [3.8, 4) is 11.5 Å². The van der Waals surface area contributed by atoms with E-state index in [2.05, 4.69) is 32.9 Å². The number of hydrogen-bond acceptors (Lipinski definition) is 5. The quantitative estimate of drug-likeness (QED) is 0.756. The number of amides is 1. The lowest BCUT2D eigenvalue weighted by Gasteiger charge is -2.31. The summed E-state index contributed by atoms with van der Waals surface area (Å²) in [7, 11) is 3.19. The van der Waals surface area contributed by atoms with Crippen LogP contribution in [0.2, 0.25) is 0 Å². The van der Waals surface area contributed by atoms with Gasteiger partial charge in [0, 0.05) is 31.4 Å². The summed E-state index contributed by atoms with van der Waals surface area (Å²) in [6.45, 7) is 5.41. The van der Waals surface area contributed by atoms with E-state index in [-0.39, 0.29) is 5.91 Å². The van der Waals surface area contributed by atoms with E-state index in [1.165, 1.54) is 0 Å². The maximum atomic E-state index is 12.5. The number of imidazole rings is 1. The number of carbonyl (C=O) groups is 1. The summed E-state index contributed by atoms with van der Waals surface area (Å²) >= 11 is 0. The van der Waals surface area contributed by atoms with E-state index in [9.17, 15) is 4.79 Å². The van der Waals surface area contributed by atoms with Gasteiger partial charge in [-0.05, 0) is 44.0 Å². The van der Waals surface area contributed by atoms with E-state index in [4.69, 9.17) is 9.47 Å². The van der Waals surface area contributed by atoms with Crippen LogP contribution < -0.4 is 14.8 Å². The van der Waals surface area contributed by atoms with Gasteiger partial charge in [0.1, 0.15) is 17.3 Å². The third kappa shape index (κ3) is 5.04. The molecule has 1 aliphatic rings. The van der Waals surface area contributed by atoms with Crippen molar-refractivity contribution < 1.29 is 14.3 Å². The van der Waals surface area contributed by atoms with Crippen molar-refractivity contribution >= 4 is 11.6 Å². The Bertz CT molecular complexity index is 782. The number of nitrogens with one attached hydrogen (secondary N) is 1. The fourth-order valence-corrected chi connectivity index (χ4v) is 3.73. The van der Waals surface area contributed by atoms with Crippen molar-refractivity contribution in [1.82, 2.24) is 14.5 Å². The molecule has 7 heteroatoms. The van der Waals surface area contributed by atoms with Crippen LogP contribution in [0.4, 0.5) is 5.69 Å². The van der Waals surface area contributed by atoms with Crippen LogP contribution in [0.3, 0.4) is 0 Å². The highest BCUT2D eigenvalue weighted by molar-refractivity contribution is 5.94. The minimum Gasteiger partial charge on any atom is -0.497 e. The smallest absolute Gasteiger partial charge is 0.238 e. The average Bonchev–Trinajstić information content (AvgIpc) is 3.16. The van der Waals surface area contributed by atoms with Gasteiger partial charge >= 0.3 is 0 Å². The van der Waals surface area contributed by atoms with Crippen molar-refractivity contribution in [2.75, 3.05) is 39.2 Å². The Morgan fingerprint density at radius 1 is 1.25 bits per heavy atom. The van der Waals surface area contributed by atoms with E-state index in [0.717, 1.165) is 44.7 Å². The molecule has 1 amide bonds. The van der Waals surface area contributed by atoms with E-state index < -0.39 is 0 Å². The second-order valence-corrected chi connectivity index (χ2v) is 7.18. The van der Waals surface area contributed by atoms with Crippen LogP contribution >= 0.6 is 0 Å². The number of nitrogens with zero attached hydrogens (tertiary/aromatic N) is 3. The van der Waals surface area contributed by atoms with Crippen LogP contribution in [0.5, 0.6) is 11.5 Å². The molecule has 1 fully saturated rings. The molecule has 0 atom stereocenters. The van der Waals surface area contributed by atoms with Crippen LogP contribution in [-0.2, 0) is 17.8 Å². The molecule has 0 aliphatic carbocycles. The van der Waals surface area contributed by atoms with E-state index >= 15 is 0 Å². The van der Waals surface area contributed by atoms with Gasteiger partial charge < -0.3 is 19.4 Å². The number of likely N-dealkylation sites (tertiary alicyclic amines) is 1. The van der Waals surface area contributed by atoms with Gasteiger partial charge in [0.2, 0.25) is 5.91 Å². The SMILES string of the molecule is CCc1nccn1CC1CCN(CC(=O)Nc2cc(OC)ccc2OC)CC1. The molecule has 1 saturated heterocycles. The molecule has 0 unspecified atom stereocenters. The van der Waals surface area contributed by atoms with Gasteiger partial charge in [0.15, 0.2) is 0 Å². The van der Waals surface area contributed by atoms with E-state index in [0.29, 0.717) is 29.6 Å². The van der Waals surface area contributed by atoms with Gasteiger partial charge in [0.05, 0.1) is 26.5 Å². The van der Waals surface area contributed by atoms with Crippen LogP contribution in [0.1, 0.15) is 25.6 Å². The number of hydrogen-bond donors (Lipinski definition) is 1. The predicted octanol–water partition coefficient (Wildman–Crippen LogP) is 2.81. The van der Waals surface area contributed by atoms with Gasteiger partial charge in [-0.2, -0.15) is 0 Å². The summed E-state index contributed by atoms with van der Waals surface area (Å²) in [6.07, 6.45) is 7.10. The van der Waals surface area contributed by atoms with Crippen LogP contribution in [-0.4, -0.2) is 54.2 Å². The summed E-state index contributed by atoms with van der Waals surface area (Å²) in [5.74, 6) is 3.06. The summed E-state index contributed by atoms with van der Waals surface area (Å²) < 4.78 is 12.8. The second-order valence-electron chi connectivity index (χ2n) is 7.18. The monoisotopic (exact) mass is 386 g/mol.